The van der Waals surface area contributed by atoms with E-state index in [1.54, 1.807) is 24.3 Å². The van der Waals surface area contributed by atoms with Crippen LogP contribution in [0, 0.1) is 0 Å². The van der Waals surface area contributed by atoms with Crippen LogP contribution in [0.4, 0.5) is 4.79 Å². The van der Waals surface area contributed by atoms with Crippen molar-refractivity contribution < 1.29 is 19.4 Å². The highest BCUT2D eigenvalue weighted by Gasteiger charge is 2.50. The molecule has 6 nitrogen and oxygen atoms in total. The molecule has 0 aliphatic carbocycles. The van der Waals surface area contributed by atoms with Gasteiger partial charge in [-0.3, -0.25) is 9.69 Å². The molecule has 124 valence electrons. The molecular formula is C17H22N2O4. The van der Waals surface area contributed by atoms with Crippen LogP contribution in [0.25, 0.3) is 0 Å². The van der Waals surface area contributed by atoms with Crippen molar-refractivity contribution >= 4 is 11.9 Å². The Hall–Kier alpha value is -2.34. The normalized spacial score (nSPS) is 20.6. The number of carbonyl (C=O) groups is 2. The van der Waals surface area contributed by atoms with Gasteiger partial charge in [-0.15, -0.1) is 0 Å². The lowest BCUT2D eigenvalue weighted by molar-refractivity contribution is -0.132. The van der Waals surface area contributed by atoms with Crippen molar-refractivity contribution in [2.75, 3.05) is 19.8 Å². The van der Waals surface area contributed by atoms with Crippen LogP contribution < -0.4 is 10.1 Å². The lowest BCUT2D eigenvalue weighted by Crippen LogP contribution is -2.43. The first-order valence-corrected chi connectivity index (χ1v) is 7.57. The number of nitrogens with one attached hydrogen (secondary N) is 1. The third-order valence-corrected chi connectivity index (χ3v) is 3.86. The lowest BCUT2D eigenvalue weighted by Gasteiger charge is -2.26. The van der Waals surface area contributed by atoms with Crippen LogP contribution in [0.2, 0.25) is 0 Å². The van der Waals surface area contributed by atoms with Gasteiger partial charge in [0.05, 0.1) is 13.2 Å². The fourth-order valence-electron chi connectivity index (χ4n) is 2.61. The summed E-state index contributed by atoms with van der Waals surface area (Å²) in [6.07, 6.45) is 0.422. The fraction of sp³-hybridized carbons (Fsp3) is 0.412. The van der Waals surface area contributed by atoms with Gasteiger partial charge in [0, 0.05) is 0 Å². The van der Waals surface area contributed by atoms with E-state index in [0.717, 1.165) is 10.5 Å². The van der Waals surface area contributed by atoms with Crippen LogP contribution in [-0.2, 0) is 10.3 Å². The highest BCUT2D eigenvalue weighted by molar-refractivity contribution is 6.07. The van der Waals surface area contributed by atoms with Gasteiger partial charge in [0.2, 0.25) is 0 Å². The van der Waals surface area contributed by atoms with Crippen LogP contribution in [0.1, 0.15) is 25.8 Å². The predicted octanol–water partition coefficient (Wildman–Crippen LogP) is 1.79. The smallest absolute Gasteiger partial charge is 0.325 e. The monoisotopic (exact) mass is 318 g/mol. The second kappa shape index (κ2) is 6.83. The Labute approximate surface area is 135 Å². The molecule has 0 saturated carbocycles. The molecule has 2 rings (SSSR count). The van der Waals surface area contributed by atoms with Crippen molar-refractivity contribution in [3.05, 3.63) is 42.0 Å². The highest BCUT2D eigenvalue weighted by atomic mass is 16.5. The summed E-state index contributed by atoms with van der Waals surface area (Å²) in [6, 6.07) is 6.61. The zero-order chi connectivity index (χ0) is 17.0. The van der Waals surface area contributed by atoms with Crippen molar-refractivity contribution in [1.82, 2.24) is 10.2 Å². The number of benzene rings is 1. The van der Waals surface area contributed by atoms with E-state index in [2.05, 4.69) is 11.9 Å². The van der Waals surface area contributed by atoms with Gasteiger partial charge < -0.3 is 15.2 Å². The number of imide groups is 1. The largest absolute Gasteiger partial charge is 0.489 e. The standard InChI is InChI=1S/C17H22N2O4/c1-4-17(15(21)19(9-10-20)16(22)18-17)13-5-7-14(8-6-13)23-11-12(2)3/h5-8,20H,2,4,9-11H2,1,3H3,(H,18,22). The fourth-order valence-corrected chi connectivity index (χ4v) is 2.61. The minimum atomic E-state index is -1.08. The van der Waals surface area contributed by atoms with E-state index in [9.17, 15) is 9.59 Å². The molecule has 1 saturated heterocycles. The van der Waals surface area contributed by atoms with E-state index in [0.29, 0.717) is 24.3 Å². The quantitative estimate of drug-likeness (QED) is 0.593. The number of nitrogens with zero attached hydrogens (tertiary/aromatic N) is 1. The van der Waals surface area contributed by atoms with E-state index in [1.807, 2.05) is 13.8 Å². The first kappa shape index (κ1) is 17.0. The Kier molecular flexibility index (Phi) is 5.05. The van der Waals surface area contributed by atoms with Gasteiger partial charge in [-0.25, -0.2) is 4.79 Å². The molecule has 6 heteroatoms. The molecule has 1 aliphatic heterocycles. The minimum Gasteiger partial charge on any atom is -0.489 e. The van der Waals surface area contributed by atoms with E-state index in [1.165, 1.54) is 0 Å². The summed E-state index contributed by atoms with van der Waals surface area (Å²) in [7, 11) is 0. The van der Waals surface area contributed by atoms with Crippen molar-refractivity contribution in [3.8, 4) is 5.75 Å². The van der Waals surface area contributed by atoms with E-state index in [-0.39, 0.29) is 19.1 Å². The van der Waals surface area contributed by atoms with Crippen LogP contribution in [0.15, 0.2) is 36.4 Å². The molecule has 0 bridgehead atoms. The summed E-state index contributed by atoms with van der Waals surface area (Å²) in [4.78, 5) is 25.7. The maximum Gasteiger partial charge on any atom is 0.325 e. The second-order valence-electron chi connectivity index (χ2n) is 5.64. The van der Waals surface area contributed by atoms with Crippen LogP contribution in [0.3, 0.4) is 0 Å². The van der Waals surface area contributed by atoms with E-state index >= 15 is 0 Å². The number of hydrogen-bond donors (Lipinski definition) is 2. The summed E-state index contributed by atoms with van der Waals surface area (Å²) in [5.74, 6) is 0.335. The number of aliphatic hydroxyl groups excluding tert-OH is 1. The van der Waals surface area contributed by atoms with Crippen LogP contribution in [0.5, 0.6) is 5.75 Å². The van der Waals surface area contributed by atoms with Gasteiger partial charge in [0.15, 0.2) is 0 Å². The van der Waals surface area contributed by atoms with Crippen molar-refractivity contribution in [2.24, 2.45) is 0 Å². The van der Waals surface area contributed by atoms with Gasteiger partial charge in [-0.2, -0.15) is 0 Å². The second-order valence-corrected chi connectivity index (χ2v) is 5.64. The first-order chi connectivity index (χ1) is 10.9. The lowest BCUT2D eigenvalue weighted by atomic mass is 9.87. The van der Waals surface area contributed by atoms with E-state index in [4.69, 9.17) is 9.84 Å². The maximum absolute atomic E-state index is 12.6. The molecule has 0 aromatic heterocycles. The molecule has 1 unspecified atom stereocenters. The number of amides is 3. The number of carbonyl (C=O) groups excluding carboxylic acids is 2. The Morgan fingerprint density at radius 1 is 1.35 bits per heavy atom. The third kappa shape index (κ3) is 3.22. The van der Waals surface area contributed by atoms with Crippen molar-refractivity contribution in [2.45, 2.75) is 25.8 Å². The number of β-amino-alcohol motifs (C(OH)–C–C–N with tert-alkyl or cyclic N) is 1. The molecule has 1 fully saturated rings. The number of rotatable bonds is 7. The Morgan fingerprint density at radius 2 is 2.00 bits per heavy atom. The minimum absolute atomic E-state index is 0.00772. The Balaban J connectivity index is 2.25. The van der Waals surface area contributed by atoms with Crippen LogP contribution in [-0.4, -0.2) is 41.7 Å². The number of hydrogen-bond acceptors (Lipinski definition) is 4. The van der Waals surface area contributed by atoms with E-state index < -0.39 is 11.6 Å². The van der Waals surface area contributed by atoms with Crippen molar-refractivity contribution in [3.63, 3.8) is 0 Å². The summed E-state index contributed by atoms with van der Waals surface area (Å²) in [5.41, 5.74) is 0.525. The molecule has 0 spiro atoms. The zero-order valence-electron chi connectivity index (χ0n) is 13.5. The predicted molar refractivity (Wildman–Crippen MR) is 86.1 cm³/mol. The highest BCUT2D eigenvalue weighted by Crippen LogP contribution is 2.33. The van der Waals surface area contributed by atoms with Gasteiger partial charge in [0.25, 0.3) is 5.91 Å². The zero-order valence-corrected chi connectivity index (χ0v) is 13.5. The molecule has 1 aromatic rings. The van der Waals surface area contributed by atoms with Crippen LogP contribution >= 0.6 is 0 Å². The topological polar surface area (TPSA) is 78.9 Å². The molecule has 2 N–H and O–H groups in total. The Morgan fingerprint density at radius 3 is 2.52 bits per heavy atom. The van der Waals surface area contributed by atoms with Gasteiger partial charge in [0.1, 0.15) is 17.9 Å². The van der Waals surface area contributed by atoms with Gasteiger partial charge in [-0.1, -0.05) is 25.6 Å². The average molecular weight is 318 g/mol. The number of aliphatic hydroxyl groups is 1. The molecular weight excluding hydrogens is 296 g/mol. The molecule has 3 amide bonds. The van der Waals surface area contributed by atoms with Crippen molar-refractivity contribution in [1.29, 1.82) is 0 Å². The summed E-state index contributed by atoms with van der Waals surface area (Å²) >= 11 is 0. The molecule has 1 aliphatic rings. The van der Waals surface area contributed by atoms with Gasteiger partial charge in [-0.05, 0) is 36.6 Å². The average Bonchev–Trinajstić information content (AvgIpc) is 2.79. The molecule has 1 aromatic carbocycles. The SMILES string of the molecule is C=C(C)COc1ccc(C2(CC)NC(=O)N(CCO)C2=O)cc1. The third-order valence-electron chi connectivity index (χ3n) is 3.86. The molecule has 1 heterocycles. The summed E-state index contributed by atoms with van der Waals surface area (Å²) in [6.45, 7) is 7.66. The number of urea groups is 1. The Bertz CT molecular complexity index is 612. The maximum atomic E-state index is 12.6. The molecule has 0 radical (unpaired) electrons. The first-order valence-electron chi connectivity index (χ1n) is 7.57. The summed E-state index contributed by atoms with van der Waals surface area (Å²) < 4.78 is 5.54. The molecule has 23 heavy (non-hydrogen) atoms. The molecule has 1 atom stereocenters. The summed E-state index contributed by atoms with van der Waals surface area (Å²) in [5, 5.41) is 11.8. The number of ether oxygens (including phenoxy) is 1. The van der Waals surface area contributed by atoms with Gasteiger partial charge >= 0.3 is 6.03 Å².